The van der Waals surface area contributed by atoms with Crippen LogP contribution in [-0.4, -0.2) is 70.4 Å². The molecule has 0 aliphatic carbocycles. The summed E-state index contributed by atoms with van der Waals surface area (Å²) in [6, 6.07) is 4.00. The number of hydrogen-bond acceptors (Lipinski definition) is 4. The van der Waals surface area contributed by atoms with E-state index in [4.69, 9.17) is 4.74 Å². The maximum atomic E-state index is 13.3. The van der Waals surface area contributed by atoms with Gasteiger partial charge in [-0.25, -0.2) is 0 Å². The van der Waals surface area contributed by atoms with E-state index < -0.39 is 11.7 Å². The minimum Gasteiger partial charge on any atom is -0.376 e. The first-order valence-corrected chi connectivity index (χ1v) is 10.1. The van der Waals surface area contributed by atoms with Crippen molar-refractivity contribution < 1.29 is 17.9 Å². The number of rotatable bonds is 5. The SMILES string of the molecule is CN=C(NCc1cc(C(F)(F)F)ccc1N1CCN(C)CC1)NCC1CCCO1. The minimum absolute atomic E-state index is 0.156. The average Bonchev–Trinajstić information content (AvgIpc) is 3.21. The van der Waals surface area contributed by atoms with E-state index in [1.54, 1.807) is 13.1 Å². The van der Waals surface area contributed by atoms with Crippen molar-refractivity contribution in [3.63, 3.8) is 0 Å². The van der Waals surface area contributed by atoms with Crippen LogP contribution in [0.1, 0.15) is 24.0 Å². The molecule has 2 aliphatic heterocycles. The Hall–Kier alpha value is -2.00. The van der Waals surface area contributed by atoms with Gasteiger partial charge in [0.25, 0.3) is 0 Å². The first kappa shape index (κ1) is 21.7. The van der Waals surface area contributed by atoms with E-state index in [2.05, 4.69) is 32.5 Å². The number of ether oxygens (including phenoxy) is 1. The smallest absolute Gasteiger partial charge is 0.376 e. The molecule has 9 heteroatoms. The summed E-state index contributed by atoms with van der Waals surface area (Å²) in [5, 5.41) is 6.36. The van der Waals surface area contributed by atoms with Crippen LogP contribution >= 0.6 is 0 Å². The summed E-state index contributed by atoms with van der Waals surface area (Å²) in [5.74, 6) is 0.558. The molecule has 1 atom stereocenters. The number of nitrogens with one attached hydrogen (secondary N) is 2. The van der Waals surface area contributed by atoms with Crippen LogP contribution in [0.3, 0.4) is 0 Å². The van der Waals surface area contributed by atoms with Gasteiger partial charge in [0.15, 0.2) is 5.96 Å². The first-order valence-electron chi connectivity index (χ1n) is 10.1. The van der Waals surface area contributed by atoms with Crippen LogP contribution in [-0.2, 0) is 17.5 Å². The third-order valence-corrected chi connectivity index (χ3v) is 5.44. The van der Waals surface area contributed by atoms with Gasteiger partial charge in [-0.3, -0.25) is 4.99 Å². The maximum Gasteiger partial charge on any atom is 0.416 e. The van der Waals surface area contributed by atoms with Crippen LogP contribution in [0.15, 0.2) is 23.2 Å². The zero-order valence-corrected chi connectivity index (χ0v) is 17.1. The molecule has 29 heavy (non-hydrogen) atoms. The average molecular weight is 413 g/mol. The fourth-order valence-electron chi connectivity index (χ4n) is 3.67. The molecule has 2 heterocycles. The van der Waals surface area contributed by atoms with E-state index in [9.17, 15) is 13.2 Å². The van der Waals surface area contributed by atoms with Crippen LogP contribution < -0.4 is 15.5 Å². The van der Waals surface area contributed by atoms with E-state index in [-0.39, 0.29) is 12.6 Å². The zero-order chi connectivity index (χ0) is 20.9. The van der Waals surface area contributed by atoms with E-state index in [0.717, 1.165) is 51.3 Å². The molecule has 0 saturated carbocycles. The Morgan fingerprint density at radius 2 is 1.97 bits per heavy atom. The molecular formula is C20H30F3N5O. The van der Waals surface area contributed by atoms with E-state index in [1.807, 2.05) is 0 Å². The van der Waals surface area contributed by atoms with Crippen molar-refractivity contribution in [1.82, 2.24) is 15.5 Å². The van der Waals surface area contributed by atoms with Gasteiger partial charge in [0.1, 0.15) is 0 Å². The van der Waals surface area contributed by atoms with Gasteiger partial charge in [-0.2, -0.15) is 13.2 Å². The zero-order valence-electron chi connectivity index (χ0n) is 17.1. The molecule has 2 N–H and O–H groups in total. The first-order chi connectivity index (χ1) is 13.9. The largest absolute Gasteiger partial charge is 0.416 e. The third kappa shape index (κ3) is 5.99. The number of nitrogens with zero attached hydrogens (tertiary/aromatic N) is 3. The molecule has 0 aromatic heterocycles. The molecule has 1 aromatic carbocycles. The van der Waals surface area contributed by atoms with Crippen molar-refractivity contribution in [2.45, 2.75) is 31.7 Å². The summed E-state index contributed by atoms with van der Waals surface area (Å²) in [6.45, 7) is 5.03. The van der Waals surface area contributed by atoms with Crippen molar-refractivity contribution in [2.75, 3.05) is 58.3 Å². The monoisotopic (exact) mass is 413 g/mol. The van der Waals surface area contributed by atoms with Gasteiger partial charge in [0.05, 0.1) is 11.7 Å². The number of hydrogen-bond donors (Lipinski definition) is 2. The lowest BCUT2D eigenvalue weighted by Gasteiger charge is -2.35. The highest BCUT2D eigenvalue weighted by atomic mass is 19.4. The molecule has 1 unspecified atom stereocenters. The summed E-state index contributed by atoms with van der Waals surface area (Å²) in [5.41, 5.74) is 0.826. The van der Waals surface area contributed by atoms with Crippen LogP contribution in [0.5, 0.6) is 0 Å². The van der Waals surface area contributed by atoms with Gasteiger partial charge in [-0.15, -0.1) is 0 Å². The lowest BCUT2D eigenvalue weighted by molar-refractivity contribution is -0.137. The van der Waals surface area contributed by atoms with Crippen molar-refractivity contribution >= 4 is 11.6 Å². The lowest BCUT2D eigenvalue weighted by atomic mass is 10.1. The Kier molecular flexibility index (Phi) is 7.23. The highest BCUT2D eigenvalue weighted by Crippen LogP contribution is 2.33. The number of guanidine groups is 1. The molecule has 0 bridgehead atoms. The number of halogens is 3. The molecule has 2 saturated heterocycles. The highest BCUT2D eigenvalue weighted by Gasteiger charge is 2.31. The quantitative estimate of drug-likeness (QED) is 0.573. The molecule has 2 fully saturated rings. The molecule has 0 radical (unpaired) electrons. The standard InChI is InChI=1S/C20H30F3N5O/c1-24-19(26-14-17-4-3-11-29-17)25-13-15-12-16(20(21,22)23)5-6-18(15)28-9-7-27(2)8-10-28/h5-6,12,17H,3-4,7-11,13-14H2,1-2H3,(H2,24,25,26). The van der Waals surface area contributed by atoms with Crippen LogP contribution in [0, 0.1) is 0 Å². The van der Waals surface area contributed by atoms with Gasteiger partial charge in [0, 0.05) is 58.6 Å². The van der Waals surface area contributed by atoms with Gasteiger partial charge in [0.2, 0.25) is 0 Å². The summed E-state index contributed by atoms with van der Waals surface area (Å²) in [4.78, 5) is 8.55. The number of likely N-dealkylation sites (N-methyl/N-ethyl adjacent to an activating group) is 1. The summed E-state index contributed by atoms with van der Waals surface area (Å²) in [7, 11) is 3.70. The Bertz CT molecular complexity index is 696. The highest BCUT2D eigenvalue weighted by molar-refractivity contribution is 5.79. The van der Waals surface area contributed by atoms with Gasteiger partial charge < -0.3 is 25.2 Å². The summed E-state index contributed by atoms with van der Waals surface area (Å²) >= 11 is 0. The molecule has 1 aromatic rings. The number of benzene rings is 1. The molecule has 0 spiro atoms. The molecule has 162 valence electrons. The molecule has 6 nitrogen and oxygen atoms in total. The van der Waals surface area contributed by atoms with Gasteiger partial charge >= 0.3 is 6.18 Å². The second-order valence-corrected chi connectivity index (χ2v) is 7.57. The second-order valence-electron chi connectivity index (χ2n) is 7.57. The number of aliphatic imine (C=N–C) groups is 1. The second kappa shape index (κ2) is 9.67. The topological polar surface area (TPSA) is 52.1 Å². The summed E-state index contributed by atoms with van der Waals surface area (Å²) < 4.78 is 45.4. The predicted octanol–water partition coefficient (Wildman–Crippen LogP) is 2.30. The Morgan fingerprint density at radius 1 is 1.21 bits per heavy atom. The summed E-state index contributed by atoms with van der Waals surface area (Å²) in [6.07, 6.45) is -2.15. The Balaban J connectivity index is 1.70. The van der Waals surface area contributed by atoms with Crippen LogP contribution in [0.4, 0.5) is 18.9 Å². The molecule has 2 aliphatic rings. The molecule has 3 rings (SSSR count). The molecular weight excluding hydrogens is 383 g/mol. The maximum absolute atomic E-state index is 13.3. The lowest BCUT2D eigenvalue weighted by Crippen LogP contribution is -2.45. The number of alkyl halides is 3. The number of piperazine rings is 1. The minimum atomic E-state index is -4.37. The van der Waals surface area contributed by atoms with E-state index in [1.165, 1.54) is 12.1 Å². The van der Waals surface area contributed by atoms with Crippen molar-refractivity contribution in [1.29, 1.82) is 0 Å². The Labute approximate surface area is 170 Å². The van der Waals surface area contributed by atoms with E-state index >= 15 is 0 Å². The van der Waals surface area contributed by atoms with Gasteiger partial charge in [-0.05, 0) is 43.7 Å². The van der Waals surface area contributed by atoms with Crippen LogP contribution in [0.2, 0.25) is 0 Å². The van der Waals surface area contributed by atoms with Crippen molar-refractivity contribution in [3.8, 4) is 0 Å². The van der Waals surface area contributed by atoms with Gasteiger partial charge in [-0.1, -0.05) is 0 Å². The van der Waals surface area contributed by atoms with Crippen molar-refractivity contribution in [2.24, 2.45) is 4.99 Å². The van der Waals surface area contributed by atoms with Crippen molar-refractivity contribution in [3.05, 3.63) is 29.3 Å². The number of anilines is 1. The molecule has 0 amide bonds. The fraction of sp³-hybridized carbons (Fsp3) is 0.650. The van der Waals surface area contributed by atoms with E-state index in [0.29, 0.717) is 18.1 Å². The fourth-order valence-corrected chi connectivity index (χ4v) is 3.67. The van der Waals surface area contributed by atoms with Crippen LogP contribution in [0.25, 0.3) is 0 Å². The normalized spacial score (nSPS) is 21.5. The Morgan fingerprint density at radius 3 is 2.59 bits per heavy atom. The predicted molar refractivity (Wildman–Crippen MR) is 108 cm³/mol. The third-order valence-electron chi connectivity index (χ3n) is 5.44.